The van der Waals surface area contributed by atoms with E-state index >= 15 is 0 Å². The fraction of sp³-hybridized carbons (Fsp3) is 0.263. The number of hydrogen-bond acceptors (Lipinski definition) is 5. The van der Waals surface area contributed by atoms with Gasteiger partial charge in [-0.3, -0.25) is 4.79 Å². The maximum atomic E-state index is 11.5. The van der Waals surface area contributed by atoms with Crippen molar-refractivity contribution < 1.29 is 9.90 Å². The van der Waals surface area contributed by atoms with E-state index in [1.165, 1.54) is 6.33 Å². The summed E-state index contributed by atoms with van der Waals surface area (Å²) in [5.74, 6) is -0.491. The molecule has 8 heteroatoms. The van der Waals surface area contributed by atoms with Crippen molar-refractivity contribution in [3.05, 3.63) is 46.8 Å². The van der Waals surface area contributed by atoms with Gasteiger partial charge in [-0.2, -0.15) is 0 Å². The van der Waals surface area contributed by atoms with Crippen molar-refractivity contribution in [2.24, 2.45) is 5.92 Å². The molecule has 0 amide bonds. The average Bonchev–Trinajstić information content (AvgIpc) is 2.69. The van der Waals surface area contributed by atoms with E-state index in [2.05, 4.69) is 15.0 Å². The summed E-state index contributed by atoms with van der Waals surface area (Å²) in [6, 6.07) is 7.31. The van der Waals surface area contributed by atoms with E-state index in [-0.39, 0.29) is 0 Å². The zero-order valence-electron chi connectivity index (χ0n) is 14.3. The SMILES string of the molecule is O=C(O)C1CCCN(c2ncnc3nccc(-c4ccc(Cl)c(Cl)c4)c23)C1. The normalized spacial score (nSPS) is 17.3. The fourth-order valence-corrected chi connectivity index (χ4v) is 3.79. The van der Waals surface area contributed by atoms with Crippen molar-refractivity contribution in [1.29, 1.82) is 0 Å². The average molecular weight is 403 g/mol. The molecule has 3 aromatic rings. The van der Waals surface area contributed by atoms with E-state index in [4.69, 9.17) is 23.2 Å². The number of hydrogen-bond donors (Lipinski definition) is 1. The highest BCUT2D eigenvalue weighted by Gasteiger charge is 2.28. The molecular weight excluding hydrogens is 387 g/mol. The quantitative estimate of drug-likeness (QED) is 0.703. The zero-order valence-corrected chi connectivity index (χ0v) is 15.8. The molecule has 1 saturated heterocycles. The summed E-state index contributed by atoms with van der Waals surface area (Å²) in [5.41, 5.74) is 2.31. The Labute approximate surface area is 165 Å². The lowest BCUT2D eigenvalue weighted by molar-refractivity contribution is -0.141. The van der Waals surface area contributed by atoms with Gasteiger partial charge in [0.05, 0.1) is 21.3 Å². The van der Waals surface area contributed by atoms with Gasteiger partial charge in [-0.1, -0.05) is 29.3 Å². The lowest BCUT2D eigenvalue weighted by Crippen LogP contribution is -2.39. The minimum atomic E-state index is -0.777. The topological polar surface area (TPSA) is 79.2 Å². The van der Waals surface area contributed by atoms with Crippen molar-refractivity contribution >= 4 is 46.0 Å². The molecule has 0 bridgehead atoms. The van der Waals surface area contributed by atoms with Crippen molar-refractivity contribution in [3.8, 4) is 11.1 Å². The Kier molecular flexibility index (Phi) is 4.85. The van der Waals surface area contributed by atoms with Gasteiger partial charge in [0.2, 0.25) is 0 Å². The summed E-state index contributed by atoms with van der Waals surface area (Å²) < 4.78 is 0. The molecule has 1 fully saturated rings. The van der Waals surface area contributed by atoms with Crippen LogP contribution >= 0.6 is 23.2 Å². The number of aliphatic carboxylic acids is 1. The van der Waals surface area contributed by atoms with Gasteiger partial charge in [-0.05, 0) is 42.2 Å². The number of piperidine rings is 1. The summed E-state index contributed by atoms with van der Waals surface area (Å²) in [5, 5.41) is 11.1. The molecule has 0 radical (unpaired) electrons. The largest absolute Gasteiger partial charge is 0.481 e. The highest BCUT2D eigenvalue weighted by Crippen LogP contribution is 2.36. The molecule has 1 unspecified atom stereocenters. The van der Waals surface area contributed by atoms with Crippen LogP contribution in [0, 0.1) is 5.92 Å². The van der Waals surface area contributed by atoms with E-state index in [1.807, 2.05) is 17.0 Å². The van der Waals surface area contributed by atoms with Gasteiger partial charge in [0.25, 0.3) is 0 Å². The van der Waals surface area contributed by atoms with E-state index in [9.17, 15) is 9.90 Å². The second-order valence-corrected chi connectivity index (χ2v) is 7.32. The summed E-state index contributed by atoms with van der Waals surface area (Å²) in [6.45, 7) is 1.16. The van der Waals surface area contributed by atoms with Gasteiger partial charge in [0.15, 0.2) is 5.65 Å². The number of pyridine rings is 1. The standard InChI is InChI=1S/C19H16Cl2N4O2/c20-14-4-3-11(8-15(14)21)13-5-6-22-17-16(13)18(24-10-23-17)25-7-1-2-12(9-25)19(26)27/h3-6,8,10,12H,1-2,7,9H2,(H,26,27). The molecule has 6 nitrogen and oxygen atoms in total. The second-order valence-electron chi connectivity index (χ2n) is 6.51. The number of carbonyl (C=O) groups is 1. The first-order valence-corrected chi connectivity index (χ1v) is 9.33. The van der Waals surface area contributed by atoms with Gasteiger partial charge in [-0.15, -0.1) is 0 Å². The lowest BCUT2D eigenvalue weighted by atomic mass is 9.97. The molecule has 4 rings (SSSR count). The number of rotatable bonds is 3. The number of aromatic nitrogens is 3. The zero-order chi connectivity index (χ0) is 19.0. The Morgan fingerprint density at radius 2 is 2.00 bits per heavy atom. The third kappa shape index (κ3) is 3.42. The molecule has 0 aliphatic carbocycles. The molecule has 2 aromatic heterocycles. The number of nitrogens with zero attached hydrogens (tertiary/aromatic N) is 4. The molecule has 1 aliphatic rings. The molecule has 0 spiro atoms. The van der Waals surface area contributed by atoms with E-state index in [1.54, 1.807) is 18.3 Å². The molecule has 1 atom stereocenters. The number of fused-ring (bicyclic) bond motifs is 1. The third-order valence-electron chi connectivity index (χ3n) is 4.82. The van der Waals surface area contributed by atoms with E-state index < -0.39 is 11.9 Å². The van der Waals surface area contributed by atoms with Gasteiger partial charge in [0.1, 0.15) is 12.1 Å². The van der Waals surface area contributed by atoms with Crippen molar-refractivity contribution in [2.75, 3.05) is 18.0 Å². The van der Waals surface area contributed by atoms with Gasteiger partial charge >= 0.3 is 5.97 Å². The van der Waals surface area contributed by atoms with Gasteiger partial charge < -0.3 is 10.0 Å². The summed E-state index contributed by atoms with van der Waals surface area (Å²) >= 11 is 12.3. The summed E-state index contributed by atoms with van der Waals surface area (Å²) in [4.78, 5) is 26.6. The van der Waals surface area contributed by atoms with Crippen LogP contribution in [-0.2, 0) is 4.79 Å². The van der Waals surface area contributed by atoms with Gasteiger partial charge in [0, 0.05) is 19.3 Å². The monoisotopic (exact) mass is 402 g/mol. The Bertz CT molecular complexity index is 1020. The van der Waals surface area contributed by atoms with Crippen LogP contribution in [0.2, 0.25) is 10.0 Å². The molecule has 1 aromatic carbocycles. The summed E-state index contributed by atoms with van der Waals surface area (Å²) in [7, 11) is 0. The van der Waals surface area contributed by atoms with Crippen LogP contribution in [0.1, 0.15) is 12.8 Å². The second kappa shape index (κ2) is 7.29. The van der Waals surface area contributed by atoms with Crippen LogP contribution < -0.4 is 4.90 Å². The highest BCUT2D eigenvalue weighted by molar-refractivity contribution is 6.42. The number of anilines is 1. The van der Waals surface area contributed by atoms with Crippen LogP contribution in [0.3, 0.4) is 0 Å². The van der Waals surface area contributed by atoms with Crippen LogP contribution in [0.15, 0.2) is 36.8 Å². The maximum absolute atomic E-state index is 11.5. The molecule has 27 heavy (non-hydrogen) atoms. The van der Waals surface area contributed by atoms with Crippen LogP contribution in [-0.4, -0.2) is 39.1 Å². The fourth-order valence-electron chi connectivity index (χ4n) is 3.49. The Balaban J connectivity index is 1.87. The molecule has 138 valence electrons. The molecule has 3 heterocycles. The smallest absolute Gasteiger partial charge is 0.308 e. The number of benzene rings is 1. The first-order valence-electron chi connectivity index (χ1n) is 8.57. The maximum Gasteiger partial charge on any atom is 0.308 e. The van der Waals surface area contributed by atoms with Crippen LogP contribution in [0.25, 0.3) is 22.2 Å². The Hall–Kier alpha value is -2.44. The lowest BCUT2D eigenvalue weighted by Gasteiger charge is -2.32. The summed E-state index contributed by atoms with van der Waals surface area (Å²) in [6.07, 6.45) is 4.62. The predicted molar refractivity (Wildman–Crippen MR) is 105 cm³/mol. The number of carboxylic acids is 1. The van der Waals surface area contributed by atoms with Crippen molar-refractivity contribution in [2.45, 2.75) is 12.8 Å². The van der Waals surface area contributed by atoms with Crippen molar-refractivity contribution in [1.82, 2.24) is 15.0 Å². The molecule has 0 saturated carbocycles. The minimum Gasteiger partial charge on any atom is -0.481 e. The van der Waals surface area contributed by atoms with Crippen molar-refractivity contribution in [3.63, 3.8) is 0 Å². The van der Waals surface area contributed by atoms with Gasteiger partial charge in [-0.25, -0.2) is 15.0 Å². The highest BCUT2D eigenvalue weighted by atomic mass is 35.5. The van der Waals surface area contributed by atoms with E-state index in [0.29, 0.717) is 34.5 Å². The molecular formula is C19H16Cl2N4O2. The molecule has 1 N–H and O–H groups in total. The van der Waals surface area contributed by atoms with E-state index in [0.717, 1.165) is 29.5 Å². The third-order valence-corrected chi connectivity index (χ3v) is 5.55. The number of halogens is 2. The molecule has 1 aliphatic heterocycles. The Morgan fingerprint density at radius 3 is 2.78 bits per heavy atom. The first kappa shape index (κ1) is 17.9. The first-order chi connectivity index (χ1) is 13.0. The number of carboxylic acid groups (broad SMARTS) is 1. The predicted octanol–water partition coefficient (Wildman–Crippen LogP) is 4.30. The minimum absolute atomic E-state index is 0.408. The van der Waals surface area contributed by atoms with Crippen LogP contribution in [0.4, 0.5) is 5.82 Å². The Morgan fingerprint density at radius 1 is 1.15 bits per heavy atom. The van der Waals surface area contributed by atoms with Crippen LogP contribution in [0.5, 0.6) is 0 Å².